The molecule has 2 aliphatic heterocycles. The second-order valence-electron chi connectivity index (χ2n) is 6.88. The molecule has 5 nitrogen and oxygen atoms in total. The molecular formula is C19H21N3O2S. The Bertz CT molecular complexity index is 777. The number of carbonyl (C=O) groups is 2. The molecule has 25 heavy (non-hydrogen) atoms. The van der Waals surface area contributed by atoms with Crippen LogP contribution < -0.4 is 4.90 Å². The summed E-state index contributed by atoms with van der Waals surface area (Å²) in [5.74, 6) is 0.198. The first kappa shape index (κ1) is 16.3. The van der Waals surface area contributed by atoms with Crippen LogP contribution in [0.25, 0.3) is 0 Å². The van der Waals surface area contributed by atoms with Crippen LogP contribution in [0, 0.1) is 0 Å². The standard InChI is InChI=1S/C19H21N3O2S/c1-20-11-17(23)22(16-7-10-25-12-16)14-19(20)8-9-21(13-19)18(24)15-5-3-2-4-6-15/h2-7,10,12H,8-9,11,13-14H2,1H3. The molecule has 1 aromatic carbocycles. The lowest BCUT2D eigenvalue weighted by Gasteiger charge is -2.46. The Hall–Kier alpha value is -2.18. The number of benzene rings is 1. The lowest BCUT2D eigenvalue weighted by molar-refractivity contribution is -0.123. The van der Waals surface area contributed by atoms with E-state index in [1.807, 2.05) is 64.0 Å². The van der Waals surface area contributed by atoms with Crippen LogP contribution in [0.5, 0.6) is 0 Å². The normalized spacial score (nSPS) is 24.3. The highest BCUT2D eigenvalue weighted by Crippen LogP contribution is 2.34. The predicted octanol–water partition coefficient (Wildman–Crippen LogP) is 2.31. The van der Waals surface area contributed by atoms with Gasteiger partial charge in [0.2, 0.25) is 5.91 Å². The van der Waals surface area contributed by atoms with Crippen LogP contribution in [0.1, 0.15) is 16.8 Å². The molecule has 1 atom stereocenters. The van der Waals surface area contributed by atoms with Crippen LogP contribution in [0.3, 0.4) is 0 Å². The summed E-state index contributed by atoms with van der Waals surface area (Å²) in [7, 11) is 2.00. The van der Waals surface area contributed by atoms with Gasteiger partial charge in [-0.15, -0.1) is 0 Å². The molecule has 2 saturated heterocycles. The maximum Gasteiger partial charge on any atom is 0.253 e. The van der Waals surface area contributed by atoms with E-state index in [4.69, 9.17) is 0 Å². The third-order valence-corrected chi connectivity index (χ3v) is 6.06. The predicted molar refractivity (Wildman–Crippen MR) is 99.0 cm³/mol. The van der Waals surface area contributed by atoms with Gasteiger partial charge in [0.05, 0.1) is 17.8 Å². The van der Waals surface area contributed by atoms with E-state index in [2.05, 4.69) is 4.90 Å². The van der Waals surface area contributed by atoms with Crippen molar-refractivity contribution in [3.05, 3.63) is 52.7 Å². The molecule has 0 N–H and O–H groups in total. The molecule has 0 aliphatic carbocycles. The van der Waals surface area contributed by atoms with Crippen molar-refractivity contribution in [2.45, 2.75) is 12.0 Å². The van der Waals surface area contributed by atoms with Crippen LogP contribution in [0.15, 0.2) is 47.2 Å². The number of likely N-dealkylation sites (N-methyl/N-ethyl adjacent to an activating group) is 1. The fourth-order valence-corrected chi connectivity index (χ4v) is 4.48. The first-order valence-corrected chi connectivity index (χ1v) is 9.41. The summed E-state index contributed by atoms with van der Waals surface area (Å²) in [6.45, 7) is 2.41. The molecule has 1 unspecified atom stereocenters. The van der Waals surface area contributed by atoms with Crippen molar-refractivity contribution in [1.82, 2.24) is 9.80 Å². The second kappa shape index (κ2) is 6.28. The zero-order chi connectivity index (χ0) is 17.4. The smallest absolute Gasteiger partial charge is 0.253 e. The number of nitrogens with zero attached hydrogens (tertiary/aromatic N) is 3. The Morgan fingerprint density at radius 1 is 1.16 bits per heavy atom. The number of likely N-dealkylation sites (tertiary alicyclic amines) is 1. The molecule has 1 spiro atoms. The summed E-state index contributed by atoms with van der Waals surface area (Å²) in [5, 5.41) is 4.01. The number of anilines is 1. The van der Waals surface area contributed by atoms with E-state index in [-0.39, 0.29) is 17.4 Å². The van der Waals surface area contributed by atoms with Gasteiger partial charge in [0, 0.05) is 30.6 Å². The topological polar surface area (TPSA) is 43.9 Å². The van der Waals surface area contributed by atoms with Gasteiger partial charge >= 0.3 is 0 Å². The lowest BCUT2D eigenvalue weighted by atomic mass is 9.93. The molecule has 4 rings (SSSR count). The first-order valence-electron chi connectivity index (χ1n) is 8.47. The average Bonchev–Trinajstić information content (AvgIpc) is 3.29. The number of rotatable bonds is 2. The molecule has 0 radical (unpaired) electrons. The number of carbonyl (C=O) groups excluding carboxylic acids is 2. The van der Waals surface area contributed by atoms with Gasteiger partial charge in [-0.3, -0.25) is 14.5 Å². The van der Waals surface area contributed by atoms with Crippen molar-refractivity contribution >= 4 is 28.8 Å². The summed E-state index contributed by atoms with van der Waals surface area (Å²) >= 11 is 1.60. The minimum Gasteiger partial charge on any atom is -0.337 e. The van der Waals surface area contributed by atoms with Gasteiger partial charge in [0.25, 0.3) is 5.91 Å². The monoisotopic (exact) mass is 355 g/mol. The van der Waals surface area contributed by atoms with E-state index < -0.39 is 0 Å². The van der Waals surface area contributed by atoms with Crippen molar-refractivity contribution in [3.63, 3.8) is 0 Å². The molecular weight excluding hydrogens is 334 g/mol. The number of amides is 2. The molecule has 1 aromatic heterocycles. The van der Waals surface area contributed by atoms with Gasteiger partial charge in [0.15, 0.2) is 0 Å². The molecule has 2 amide bonds. The molecule has 2 aliphatic rings. The zero-order valence-corrected chi connectivity index (χ0v) is 15.0. The van der Waals surface area contributed by atoms with Crippen LogP contribution in [-0.4, -0.2) is 60.4 Å². The SMILES string of the molecule is CN1CC(=O)N(c2ccsc2)CC12CCN(C(=O)c1ccccc1)C2. The maximum atomic E-state index is 12.8. The molecule has 2 aromatic rings. The van der Waals surface area contributed by atoms with E-state index in [1.54, 1.807) is 11.3 Å². The van der Waals surface area contributed by atoms with Gasteiger partial charge in [-0.2, -0.15) is 11.3 Å². The van der Waals surface area contributed by atoms with E-state index >= 15 is 0 Å². The van der Waals surface area contributed by atoms with Crippen molar-refractivity contribution in [2.24, 2.45) is 0 Å². The van der Waals surface area contributed by atoms with Gasteiger partial charge < -0.3 is 9.80 Å². The molecule has 0 saturated carbocycles. The highest BCUT2D eigenvalue weighted by molar-refractivity contribution is 7.08. The summed E-state index contributed by atoms with van der Waals surface area (Å²) in [5.41, 5.74) is 1.53. The van der Waals surface area contributed by atoms with E-state index in [1.165, 1.54) is 0 Å². The van der Waals surface area contributed by atoms with Gasteiger partial charge in [-0.25, -0.2) is 0 Å². The molecule has 2 fully saturated rings. The summed E-state index contributed by atoms with van der Waals surface area (Å²) in [6.07, 6.45) is 0.885. The first-order chi connectivity index (χ1) is 12.1. The van der Waals surface area contributed by atoms with E-state index in [9.17, 15) is 9.59 Å². The summed E-state index contributed by atoms with van der Waals surface area (Å²) in [6, 6.07) is 11.4. The van der Waals surface area contributed by atoms with Crippen molar-refractivity contribution in [3.8, 4) is 0 Å². The third-order valence-electron chi connectivity index (χ3n) is 5.39. The van der Waals surface area contributed by atoms with Gasteiger partial charge in [0.1, 0.15) is 0 Å². The Labute approximate surface area is 151 Å². The molecule has 6 heteroatoms. The molecule has 3 heterocycles. The minimum atomic E-state index is -0.166. The Morgan fingerprint density at radius 3 is 2.68 bits per heavy atom. The Balaban J connectivity index is 1.55. The van der Waals surface area contributed by atoms with Crippen LogP contribution in [-0.2, 0) is 4.79 Å². The summed E-state index contributed by atoms with van der Waals surface area (Å²) in [4.78, 5) is 31.2. The van der Waals surface area contributed by atoms with E-state index in [0.717, 1.165) is 24.2 Å². The zero-order valence-electron chi connectivity index (χ0n) is 14.2. The van der Waals surface area contributed by atoms with E-state index in [0.29, 0.717) is 19.6 Å². The van der Waals surface area contributed by atoms with Crippen LogP contribution >= 0.6 is 11.3 Å². The largest absolute Gasteiger partial charge is 0.337 e. The Kier molecular flexibility index (Phi) is 4.09. The van der Waals surface area contributed by atoms with Crippen molar-refractivity contribution < 1.29 is 9.59 Å². The fraction of sp³-hybridized carbons (Fsp3) is 0.368. The number of piperazine rings is 1. The van der Waals surface area contributed by atoms with Crippen molar-refractivity contribution in [1.29, 1.82) is 0 Å². The molecule has 130 valence electrons. The number of thiophene rings is 1. The lowest BCUT2D eigenvalue weighted by Crippen LogP contribution is -2.64. The maximum absolute atomic E-state index is 12.8. The van der Waals surface area contributed by atoms with Gasteiger partial charge in [-0.05, 0) is 37.0 Å². The highest BCUT2D eigenvalue weighted by Gasteiger charge is 2.48. The fourth-order valence-electron chi connectivity index (χ4n) is 3.84. The van der Waals surface area contributed by atoms with Crippen molar-refractivity contribution in [2.75, 3.05) is 38.1 Å². The molecule has 0 bridgehead atoms. The minimum absolute atomic E-state index is 0.0739. The summed E-state index contributed by atoms with van der Waals surface area (Å²) < 4.78 is 0. The second-order valence-corrected chi connectivity index (χ2v) is 7.66. The highest BCUT2D eigenvalue weighted by atomic mass is 32.1. The quantitative estimate of drug-likeness (QED) is 0.830. The van der Waals surface area contributed by atoms with Gasteiger partial charge in [-0.1, -0.05) is 18.2 Å². The van der Waals surface area contributed by atoms with Crippen LogP contribution in [0.4, 0.5) is 5.69 Å². The Morgan fingerprint density at radius 2 is 1.96 bits per heavy atom. The average molecular weight is 355 g/mol. The third kappa shape index (κ3) is 2.85. The number of hydrogen-bond donors (Lipinski definition) is 0. The van der Waals surface area contributed by atoms with Crippen LogP contribution in [0.2, 0.25) is 0 Å². The number of hydrogen-bond acceptors (Lipinski definition) is 4.